The number of rotatable bonds is 2. The smallest absolute Gasteiger partial charge is 1.00 e. The van der Waals surface area contributed by atoms with Gasteiger partial charge in [-0.1, -0.05) is 0 Å². The van der Waals surface area contributed by atoms with E-state index >= 15 is 0 Å². The Morgan fingerprint density at radius 3 is 2.11 bits per heavy atom. The van der Waals surface area contributed by atoms with Crippen molar-refractivity contribution >= 4 is 12.6 Å². The van der Waals surface area contributed by atoms with Gasteiger partial charge in [-0.15, -0.1) is 0 Å². The topological polar surface area (TPSA) is 0 Å². The summed E-state index contributed by atoms with van der Waals surface area (Å²) in [5.74, 6) is 0. The van der Waals surface area contributed by atoms with Crippen molar-refractivity contribution in [2.45, 2.75) is 76.3 Å². The summed E-state index contributed by atoms with van der Waals surface area (Å²) in [6.45, 7) is 19.0. The Kier molecular flexibility index (Phi) is 8.53. The van der Waals surface area contributed by atoms with E-state index in [4.69, 9.17) is 0 Å². The Labute approximate surface area is 238 Å². The molecular weight excluding hydrogens is 558 g/mol. The SMILES string of the molecule is C[C](C)=[Zr+2]([c]1c(C(C)(C)C)ccc2c1Cc1cc(C(C)(C)C)ccc1-2)[CH]1C=Cc2ccccc21.[Cl-].[Cl-]. The Morgan fingerprint density at radius 2 is 1.47 bits per heavy atom. The molecule has 0 fully saturated rings. The van der Waals surface area contributed by atoms with Gasteiger partial charge < -0.3 is 24.8 Å². The van der Waals surface area contributed by atoms with Crippen molar-refractivity contribution in [2.75, 3.05) is 0 Å². The van der Waals surface area contributed by atoms with Crippen LogP contribution in [0.15, 0.2) is 60.7 Å². The largest absolute Gasteiger partial charge is 1.00 e. The molecule has 0 aliphatic heterocycles. The maximum absolute atomic E-state index is 2.54. The molecule has 0 bridgehead atoms. The number of halogens is 2. The quantitative estimate of drug-likeness (QED) is 0.333. The molecule has 0 N–H and O–H groups in total. The van der Waals surface area contributed by atoms with Crippen molar-refractivity contribution in [3.8, 4) is 11.1 Å². The molecule has 5 rings (SSSR count). The van der Waals surface area contributed by atoms with E-state index in [0.29, 0.717) is 3.63 Å². The standard InChI is InChI=1S/C21H25.C9H7.C3H6.2ClH.Zr/c1-20(2,3)16-7-9-18-14(12-16)11-15-13-17(21(4,5)6)8-10-19(15)18;1-2-5-9-7-3-6-8(9)4-1;1-3-2;;;/h7-10,12H,11H2,1-6H3;1-7H;1-2H3;2*1H;/q;;;;;+2/p-2. The van der Waals surface area contributed by atoms with Gasteiger partial charge in [0.2, 0.25) is 0 Å². The minimum absolute atomic E-state index is 0. The number of hydrogen-bond acceptors (Lipinski definition) is 0. The van der Waals surface area contributed by atoms with E-state index in [0.717, 1.165) is 6.42 Å². The van der Waals surface area contributed by atoms with Crippen LogP contribution >= 0.6 is 0 Å². The van der Waals surface area contributed by atoms with Crippen LogP contribution in [0, 0.1) is 0 Å². The molecule has 36 heavy (non-hydrogen) atoms. The third-order valence-electron chi connectivity index (χ3n) is 7.67. The van der Waals surface area contributed by atoms with Gasteiger partial charge in [-0.25, -0.2) is 0 Å². The van der Waals surface area contributed by atoms with Crippen molar-refractivity contribution in [3.05, 3.63) is 94.1 Å². The van der Waals surface area contributed by atoms with E-state index in [1.807, 2.05) is 0 Å². The van der Waals surface area contributed by atoms with Crippen LogP contribution in [0.25, 0.3) is 17.2 Å². The van der Waals surface area contributed by atoms with Crippen molar-refractivity contribution in [3.63, 3.8) is 0 Å². The summed E-state index contributed by atoms with van der Waals surface area (Å²) in [4.78, 5) is 0. The Morgan fingerprint density at radius 1 is 0.806 bits per heavy atom. The van der Waals surface area contributed by atoms with Crippen LogP contribution in [-0.4, -0.2) is 3.21 Å². The van der Waals surface area contributed by atoms with Crippen LogP contribution in [0.5, 0.6) is 0 Å². The predicted octanol–water partition coefficient (Wildman–Crippen LogP) is 2.08. The van der Waals surface area contributed by atoms with Crippen LogP contribution in [0.1, 0.15) is 92.4 Å². The number of hydrogen-bond donors (Lipinski definition) is 0. The third kappa shape index (κ3) is 5.06. The molecule has 3 aromatic carbocycles. The number of benzene rings is 3. The molecule has 1 atom stereocenters. The summed E-state index contributed by atoms with van der Waals surface area (Å²) in [7, 11) is 0. The van der Waals surface area contributed by atoms with Crippen molar-refractivity contribution in [2.24, 2.45) is 0 Å². The van der Waals surface area contributed by atoms with Gasteiger partial charge >= 0.3 is 215 Å². The molecule has 3 heteroatoms. The first kappa shape index (κ1) is 29.3. The van der Waals surface area contributed by atoms with Gasteiger partial charge in [0.25, 0.3) is 0 Å². The van der Waals surface area contributed by atoms with Gasteiger partial charge in [0.15, 0.2) is 0 Å². The molecule has 0 nitrogen and oxygen atoms in total. The van der Waals surface area contributed by atoms with Gasteiger partial charge in [0.05, 0.1) is 0 Å². The number of allylic oxidation sites excluding steroid dienone is 1. The Balaban J connectivity index is 0.00000180. The van der Waals surface area contributed by atoms with E-state index in [-0.39, 0.29) is 35.6 Å². The fourth-order valence-corrected chi connectivity index (χ4v) is 14.7. The Hall–Kier alpha value is -1.27. The molecule has 0 aromatic heterocycles. The molecule has 0 heterocycles. The Bertz CT molecular complexity index is 1360. The maximum Gasteiger partial charge on any atom is -1.00 e. The number of fused-ring (bicyclic) bond motifs is 4. The average molecular weight is 597 g/mol. The minimum atomic E-state index is -2.26. The fourth-order valence-electron chi connectivity index (χ4n) is 5.89. The van der Waals surface area contributed by atoms with Crippen LogP contribution < -0.4 is 28.1 Å². The van der Waals surface area contributed by atoms with E-state index < -0.39 is 21.3 Å². The molecule has 0 spiro atoms. The predicted molar refractivity (Wildman–Crippen MR) is 146 cm³/mol. The molecule has 2 aliphatic rings. The van der Waals surface area contributed by atoms with Crippen molar-refractivity contribution < 1.29 is 46.1 Å². The van der Waals surface area contributed by atoms with E-state index in [1.54, 1.807) is 23.2 Å². The van der Waals surface area contributed by atoms with Gasteiger partial charge in [-0.2, -0.15) is 0 Å². The molecule has 188 valence electrons. The van der Waals surface area contributed by atoms with E-state index in [1.165, 1.54) is 27.8 Å². The first-order valence-corrected chi connectivity index (χ1v) is 16.6. The van der Waals surface area contributed by atoms with E-state index in [9.17, 15) is 0 Å². The average Bonchev–Trinajstić information content (AvgIpc) is 3.34. The summed E-state index contributed by atoms with van der Waals surface area (Å²) in [6.07, 6.45) is 6.01. The van der Waals surface area contributed by atoms with Crippen molar-refractivity contribution in [1.29, 1.82) is 0 Å². The molecule has 2 aliphatic carbocycles. The summed E-state index contributed by atoms with van der Waals surface area (Å²) >= 11 is -2.26. The molecule has 0 saturated carbocycles. The fraction of sp³-hybridized carbons (Fsp3) is 0.364. The maximum atomic E-state index is 2.54. The third-order valence-corrected chi connectivity index (χ3v) is 15.8. The zero-order valence-electron chi connectivity index (χ0n) is 22.9. The second kappa shape index (κ2) is 10.5. The minimum Gasteiger partial charge on any atom is -1.00 e. The van der Waals surface area contributed by atoms with Crippen molar-refractivity contribution in [1.82, 2.24) is 0 Å². The molecule has 0 radical (unpaired) electrons. The molecular formula is C33H38Cl2Zr. The summed E-state index contributed by atoms with van der Waals surface area (Å²) in [5.41, 5.74) is 12.4. The normalized spacial score (nSPS) is 15.1. The van der Waals surface area contributed by atoms with Gasteiger partial charge in [0.1, 0.15) is 0 Å². The van der Waals surface area contributed by atoms with Crippen LogP contribution in [-0.2, 0) is 38.5 Å². The second-order valence-electron chi connectivity index (χ2n) is 12.4. The monoisotopic (exact) mass is 594 g/mol. The van der Waals surface area contributed by atoms with Crippen LogP contribution in [0.2, 0.25) is 0 Å². The first-order chi connectivity index (χ1) is 16.0. The summed E-state index contributed by atoms with van der Waals surface area (Å²) in [5, 5.41) is 0. The summed E-state index contributed by atoms with van der Waals surface area (Å²) in [6, 6.07) is 21.3. The first-order valence-electron chi connectivity index (χ1n) is 12.7. The molecule has 1 unspecified atom stereocenters. The van der Waals surface area contributed by atoms with Crippen LogP contribution in [0.3, 0.4) is 0 Å². The van der Waals surface area contributed by atoms with Gasteiger partial charge in [-0.05, 0) is 0 Å². The van der Waals surface area contributed by atoms with Crippen LogP contribution in [0.4, 0.5) is 0 Å². The molecule has 0 amide bonds. The second-order valence-corrected chi connectivity index (χ2v) is 19.7. The molecule has 3 aromatic rings. The van der Waals surface area contributed by atoms with Gasteiger partial charge in [0, 0.05) is 0 Å². The zero-order valence-corrected chi connectivity index (χ0v) is 26.9. The zero-order chi connectivity index (χ0) is 24.4. The molecule has 0 saturated heterocycles. The van der Waals surface area contributed by atoms with Gasteiger partial charge in [-0.3, -0.25) is 0 Å². The van der Waals surface area contributed by atoms with E-state index in [2.05, 4.69) is 122 Å². The summed E-state index contributed by atoms with van der Waals surface area (Å²) < 4.78 is 4.05.